The van der Waals surface area contributed by atoms with Crippen LogP contribution in [0.25, 0.3) is 0 Å². The maximum absolute atomic E-state index is 12.4. The molecule has 0 heterocycles. The van der Waals surface area contributed by atoms with Crippen LogP contribution >= 0.6 is 27.5 Å². The number of hydrogen-bond donors (Lipinski definition) is 3. The first-order valence-electron chi connectivity index (χ1n) is 6.72. The average Bonchev–Trinajstić information content (AvgIpc) is 2.41. The van der Waals surface area contributed by atoms with Crippen LogP contribution in [0.5, 0.6) is 0 Å². The molecule has 0 aliphatic heterocycles. The van der Waals surface area contributed by atoms with Crippen molar-refractivity contribution in [3.63, 3.8) is 0 Å². The second kappa shape index (κ2) is 6.83. The first-order valence-corrected chi connectivity index (χ1v) is 9.37. The van der Waals surface area contributed by atoms with E-state index in [0.717, 1.165) is 19.3 Å². The van der Waals surface area contributed by atoms with Gasteiger partial charge < -0.3 is 10.8 Å². The zero-order valence-corrected chi connectivity index (χ0v) is 14.5. The van der Waals surface area contributed by atoms with Gasteiger partial charge in [0, 0.05) is 17.3 Å². The Bertz CT molecular complexity index is 624. The highest BCUT2D eigenvalue weighted by Gasteiger charge is 2.24. The van der Waals surface area contributed by atoms with E-state index >= 15 is 0 Å². The van der Waals surface area contributed by atoms with Gasteiger partial charge in [-0.2, -0.15) is 0 Å². The third kappa shape index (κ3) is 4.32. The summed E-state index contributed by atoms with van der Waals surface area (Å²) in [5.74, 6) is 0.152. The van der Waals surface area contributed by atoms with Crippen LogP contribution in [-0.4, -0.2) is 26.2 Å². The number of sulfonamides is 1. The molecule has 0 amide bonds. The SMILES string of the molecule is Nc1cc(Cl)cc(S(=O)(=O)NCC2CCCC(O)C2)c1Br. The van der Waals surface area contributed by atoms with Gasteiger partial charge in [-0.1, -0.05) is 18.0 Å². The van der Waals surface area contributed by atoms with Crippen LogP contribution in [0.15, 0.2) is 21.5 Å². The monoisotopic (exact) mass is 396 g/mol. The summed E-state index contributed by atoms with van der Waals surface area (Å²) in [6.45, 7) is 0.304. The van der Waals surface area contributed by atoms with Crippen LogP contribution < -0.4 is 10.5 Å². The Morgan fingerprint density at radius 1 is 1.43 bits per heavy atom. The van der Waals surface area contributed by atoms with Crippen LogP contribution in [0.1, 0.15) is 25.7 Å². The highest BCUT2D eigenvalue weighted by atomic mass is 79.9. The van der Waals surface area contributed by atoms with Gasteiger partial charge >= 0.3 is 0 Å². The first-order chi connectivity index (χ1) is 9.79. The highest BCUT2D eigenvalue weighted by molar-refractivity contribution is 9.10. The molecule has 21 heavy (non-hydrogen) atoms. The Hall–Kier alpha value is -0.340. The van der Waals surface area contributed by atoms with E-state index in [4.69, 9.17) is 17.3 Å². The van der Waals surface area contributed by atoms with Crippen LogP contribution in [-0.2, 0) is 10.0 Å². The molecule has 0 radical (unpaired) electrons. The summed E-state index contributed by atoms with van der Waals surface area (Å²) in [4.78, 5) is 0.0313. The number of benzene rings is 1. The van der Waals surface area contributed by atoms with E-state index in [1.807, 2.05) is 0 Å². The summed E-state index contributed by atoms with van der Waals surface area (Å²) < 4.78 is 27.6. The lowest BCUT2D eigenvalue weighted by molar-refractivity contribution is 0.102. The third-order valence-corrected chi connectivity index (χ3v) is 6.45. The van der Waals surface area contributed by atoms with E-state index < -0.39 is 10.0 Å². The molecule has 1 saturated carbocycles. The zero-order valence-electron chi connectivity index (χ0n) is 11.4. The van der Waals surface area contributed by atoms with Crippen LogP contribution in [0.2, 0.25) is 5.02 Å². The number of anilines is 1. The Labute approximate surface area is 138 Å². The van der Waals surface area contributed by atoms with Gasteiger partial charge in [-0.05, 0) is 53.2 Å². The predicted molar refractivity (Wildman–Crippen MR) is 86.7 cm³/mol. The Morgan fingerprint density at radius 3 is 2.81 bits per heavy atom. The summed E-state index contributed by atoms with van der Waals surface area (Å²) in [5.41, 5.74) is 5.99. The van der Waals surface area contributed by atoms with Crippen molar-refractivity contribution in [2.45, 2.75) is 36.7 Å². The quantitative estimate of drug-likeness (QED) is 0.681. The molecule has 1 aromatic rings. The number of rotatable bonds is 4. The summed E-state index contributed by atoms with van der Waals surface area (Å²) in [6, 6.07) is 2.85. The van der Waals surface area contributed by atoms with Gasteiger partial charge in [0.25, 0.3) is 0 Å². The van der Waals surface area contributed by atoms with Crippen molar-refractivity contribution in [2.75, 3.05) is 12.3 Å². The molecule has 118 valence electrons. The van der Waals surface area contributed by atoms with E-state index in [-0.39, 0.29) is 27.6 Å². The molecule has 0 aromatic heterocycles. The number of aliphatic hydroxyl groups is 1. The van der Waals surface area contributed by atoms with E-state index in [2.05, 4.69) is 20.7 Å². The minimum Gasteiger partial charge on any atom is -0.398 e. The number of nitrogen functional groups attached to an aromatic ring is 1. The maximum Gasteiger partial charge on any atom is 0.241 e. The number of nitrogens with one attached hydrogen (secondary N) is 1. The molecule has 2 atom stereocenters. The van der Waals surface area contributed by atoms with Crippen LogP contribution in [0.3, 0.4) is 0 Å². The van der Waals surface area contributed by atoms with Crippen molar-refractivity contribution < 1.29 is 13.5 Å². The average molecular weight is 398 g/mol. The molecule has 1 aliphatic carbocycles. The van der Waals surface area contributed by atoms with E-state index in [1.54, 1.807) is 0 Å². The van der Waals surface area contributed by atoms with Crippen molar-refractivity contribution in [1.82, 2.24) is 4.72 Å². The first kappa shape index (κ1) is 17.0. The summed E-state index contributed by atoms with van der Waals surface area (Å²) in [7, 11) is -3.70. The molecular formula is C13H18BrClN2O3S. The number of halogens is 2. The fourth-order valence-corrected chi connectivity index (χ4v) is 4.94. The van der Waals surface area contributed by atoms with Crippen molar-refractivity contribution in [1.29, 1.82) is 0 Å². The lowest BCUT2D eigenvalue weighted by atomic mass is 9.87. The minimum absolute atomic E-state index is 0.0313. The second-order valence-corrected chi connectivity index (χ2v) is 8.31. The van der Waals surface area contributed by atoms with E-state index in [9.17, 15) is 13.5 Å². The molecule has 8 heteroatoms. The van der Waals surface area contributed by atoms with E-state index in [0.29, 0.717) is 17.4 Å². The minimum atomic E-state index is -3.70. The molecule has 2 unspecified atom stereocenters. The topological polar surface area (TPSA) is 92.4 Å². The lowest BCUT2D eigenvalue weighted by Gasteiger charge is -2.26. The largest absolute Gasteiger partial charge is 0.398 e. The van der Waals surface area contributed by atoms with Gasteiger partial charge in [-0.15, -0.1) is 0 Å². The van der Waals surface area contributed by atoms with Gasteiger partial charge in [0.1, 0.15) is 0 Å². The molecule has 5 nitrogen and oxygen atoms in total. The van der Waals surface area contributed by atoms with E-state index in [1.165, 1.54) is 12.1 Å². The number of hydrogen-bond acceptors (Lipinski definition) is 4. The van der Waals surface area contributed by atoms with Gasteiger partial charge in [-0.3, -0.25) is 0 Å². The van der Waals surface area contributed by atoms with Crippen molar-refractivity contribution in [3.05, 3.63) is 21.6 Å². The molecule has 1 fully saturated rings. The maximum atomic E-state index is 12.4. The Kier molecular flexibility index (Phi) is 5.54. The van der Waals surface area contributed by atoms with Gasteiger partial charge in [0.15, 0.2) is 0 Å². The van der Waals surface area contributed by atoms with Crippen molar-refractivity contribution >= 4 is 43.2 Å². The molecule has 4 N–H and O–H groups in total. The molecule has 0 bridgehead atoms. The zero-order chi connectivity index (χ0) is 15.6. The molecule has 2 rings (SSSR count). The summed E-state index contributed by atoms with van der Waals surface area (Å²) >= 11 is 9.05. The molecule has 1 aromatic carbocycles. The standard InChI is InChI=1S/C13H18BrClN2O3S/c14-13-11(16)5-9(15)6-12(13)21(19,20)17-7-8-2-1-3-10(18)4-8/h5-6,8,10,17-18H,1-4,7,16H2. The fourth-order valence-electron chi connectivity index (χ4n) is 2.53. The van der Waals surface area contributed by atoms with Gasteiger partial charge in [0.05, 0.1) is 15.5 Å². The van der Waals surface area contributed by atoms with Crippen molar-refractivity contribution in [2.24, 2.45) is 5.92 Å². The van der Waals surface area contributed by atoms with Crippen LogP contribution in [0, 0.1) is 5.92 Å². The molecule has 0 saturated heterocycles. The van der Waals surface area contributed by atoms with Gasteiger partial charge in [0.2, 0.25) is 10.0 Å². The van der Waals surface area contributed by atoms with Crippen molar-refractivity contribution in [3.8, 4) is 0 Å². The third-order valence-electron chi connectivity index (χ3n) is 3.64. The second-order valence-electron chi connectivity index (χ2n) is 5.35. The molecule has 0 spiro atoms. The van der Waals surface area contributed by atoms with Gasteiger partial charge in [-0.25, -0.2) is 13.1 Å². The number of nitrogens with two attached hydrogens (primary N) is 1. The highest BCUT2D eigenvalue weighted by Crippen LogP contribution is 2.31. The smallest absolute Gasteiger partial charge is 0.241 e. The predicted octanol–water partition coefficient (Wildman–Crippen LogP) is 2.51. The normalized spacial score (nSPS) is 23.2. The Morgan fingerprint density at radius 2 is 2.14 bits per heavy atom. The summed E-state index contributed by atoms with van der Waals surface area (Å²) in [6.07, 6.45) is 2.92. The fraction of sp³-hybridized carbons (Fsp3) is 0.538. The van der Waals surface area contributed by atoms with Crippen LogP contribution in [0.4, 0.5) is 5.69 Å². The molecular weight excluding hydrogens is 380 g/mol. The lowest BCUT2D eigenvalue weighted by Crippen LogP contribution is -2.33. The Balaban J connectivity index is 2.12. The number of aliphatic hydroxyl groups excluding tert-OH is 1. The molecule has 1 aliphatic rings. The summed E-state index contributed by atoms with van der Waals surface area (Å²) in [5, 5.41) is 9.89.